The maximum absolute atomic E-state index is 12.3. The molecule has 26 heavy (non-hydrogen) atoms. The number of rotatable bonds is 4. The second kappa shape index (κ2) is 6.22. The van der Waals surface area contributed by atoms with Crippen LogP contribution in [-0.2, 0) is 20.8 Å². The SMILES string of the molecule is O=C1c2ccccc2C(=O)N1Cc1ccc(S(=O)(=O)OC(F)(F)F)cc1. The highest BCUT2D eigenvalue weighted by Gasteiger charge is 2.38. The van der Waals surface area contributed by atoms with Crippen LogP contribution in [0.3, 0.4) is 0 Å². The second-order valence-corrected chi connectivity index (χ2v) is 6.92. The van der Waals surface area contributed by atoms with Crippen molar-refractivity contribution in [3.05, 3.63) is 65.2 Å². The lowest BCUT2D eigenvalue weighted by Gasteiger charge is -2.14. The Balaban J connectivity index is 1.79. The highest BCUT2D eigenvalue weighted by molar-refractivity contribution is 7.86. The van der Waals surface area contributed by atoms with E-state index in [1.54, 1.807) is 12.1 Å². The van der Waals surface area contributed by atoms with Crippen LogP contribution >= 0.6 is 0 Å². The van der Waals surface area contributed by atoms with E-state index in [9.17, 15) is 31.2 Å². The first-order chi connectivity index (χ1) is 12.1. The Labute approximate surface area is 145 Å². The maximum atomic E-state index is 12.3. The molecule has 0 atom stereocenters. The van der Waals surface area contributed by atoms with Crippen LogP contribution in [0, 0.1) is 0 Å². The number of benzene rings is 2. The van der Waals surface area contributed by atoms with Gasteiger partial charge in [-0.1, -0.05) is 24.3 Å². The summed E-state index contributed by atoms with van der Waals surface area (Å²) < 4.78 is 62.5. The third-order valence-electron chi connectivity index (χ3n) is 3.64. The molecule has 3 rings (SSSR count). The number of carbonyl (C=O) groups is 2. The van der Waals surface area contributed by atoms with Crippen LogP contribution in [0.1, 0.15) is 26.3 Å². The zero-order chi connectivity index (χ0) is 19.1. The molecule has 0 N–H and O–H groups in total. The van der Waals surface area contributed by atoms with Crippen molar-refractivity contribution >= 4 is 21.9 Å². The molecule has 0 aromatic heterocycles. The third kappa shape index (κ3) is 3.46. The topological polar surface area (TPSA) is 80.8 Å². The van der Waals surface area contributed by atoms with E-state index in [1.165, 1.54) is 24.3 Å². The van der Waals surface area contributed by atoms with Gasteiger partial charge in [0.05, 0.1) is 22.6 Å². The Kier molecular flexibility index (Phi) is 4.32. The van der Waals surface area contributed by atoms with Crippen LogP contribution in [0.25, 0.3) is 0 Å². The summed E-state index contributed by atoms with van der Waals surface area (Å²) in [4.78, 5) is 24.8. The summed E-state index contributed by atoms with van der Waals surface area (Å²) in [6.45, 7) is -0.146. The highest BCUT2D eigenvalue weighted by atomic mass is 32.2. The largest absolute Gasteiger partial charge is 0.537 e. The smallest absolute Gasteiger partial charge is 0.270 e. The summed E-state index contributed by atoms with van der Waals surface area (Å²) >= 11 is 0. The van der Waals surface area contributed by atoms with Gasteiger partial charge in [0, 0.05) is 0 Å². The van der Waals surface area contributed by atoms with Gasteiger partial charge in [0.15, 0.2) is 0 Å². The van der Waals surface area contributed by atoms with Gasteiger partial charge in [0.2, 0.25) is 0 Å². The van der Waals surface area contributed by atoms with Gasteiger partial charge in [-0.2, -0.15) is 12.6 Å². The van der Waals surface area contributed by atoms with Gasteiger partial charge >= 0.3 is 16.5 Å². The third-order valence-corrected chi connectivity index (χ3v) is 4.89. The molecule has 0 saturated heterocycles. The molecule has 0 spiro atoms. The maximum Gasteiger partial charge on any atom is 0.537 e. The summed E-state index contributed by atoms with van der Waals surface area (Å²) in [5.41, 5.74) is 0.885. The summed E-state index contributed by atoms with van der Waals surface area (Å²) in [5, 5.41) is 0. The fourth-order valence-electron chi connectivity index (χ4n) is 2.50. The van der Waals surface area contributed by atoms with Gasteiger partial charge in [-0.15, -0.1) is 13.2 Å². The lowest BCUT2D eigenvalue weighted by Crippen LogP contribution is -2.29. The Morgan fingerprint density at radius 2 is 1.38 bits per heavy atom. The summed E-state index contributed by atoms with van der Waals surface area (Å²) in [5.74, 6) is -0.995. The van der Waals surface area contributed by atoms with Crippen molar-refractivity contribution in [2.75, 3.05) is 0 Å². The lowest BCUT2D eigenvalue weighted by molar-refractivity contribution is -0.271. The minimum Gasteiger partial charge on any atom is -0.270 e. The van der Waals surface area contributed by atoms with Crippen molar-refractivity contribution in [3.63, 3.8) is 0 Å². The molecule has 136 valence electrons. The Bertz CT molecular complexity index is 949. The number of hydrogen-bond donors (Lipinski definition) is 0. The minimum absolute atomic E-state index is 0.146. The number of carbonyl (C=O) groups excluding carboxylic acids is 2. The first kappa shape index (κ1) is 18.1. The van der Waals surface area contributed by atoms with Crippen molar-refractivity contribution in [1.82, 2.24) is 4.90 Å². The van der Waals surface area contributed by atoms with Crippen LogP contribution in [0.15, 0.2) is 53.4 Å². The molecule has 0 fully saturated rings. The minimum atomic E-state index is -5.34. The van der Waals surface area contributed by atoms with Gasteiger partial charge in [-0.3, -0.25) is 14.5 Å². The Hall–Kier alpha value is -2.72. The highest BCUT2D eigenvalue weighted by Crippen LogP contribution is 2.26. The van der Waals surface area contributed by atoms with E-state index >= 15 is 0 Å². The molecule has 2 aromatic rings. The van der Waals surface area contributed by atoms with Crippen LogP contribution in [-0.4, -0.2) is 31.5 Å². The van der Waals surface area contributed by atoms with Crippen molar-refractivity contribution in [3.8, 4) is 0 Å². The van der Waals surface area contributed by atoms with E-state index in [0.717, 1.165) is 17.0 Å². The van der Waals surface area contributed by atoms with E-state index < -0.39 is 33.2 Å². The van der Waals surface area contributed by atoms with Gasteiger partial charge in [0.1, 0.15) is 0 Å². The van der Waals surface area contributed by atoms with E-state index in [0.29, 0.717) is 5.56 Å². The van der Waals surface area contributed by atoms with E-state index in [1.807, 2.05) is 0 Å². The fourth-order valence-corrected chi connectivity index (χ4v) is 3.31. The molecular formula is C16H10F3NO5S. The average Bonchev–Trinajstić information content (AvgIpc) is 2.79. The number of hydrogen-bond acceptors (Lipinski definition) is 5. The van der Waals surface area contributed by atoms with Crippen LogP contribution < -0.4 is 0 Å². The molecule has 2 amide bonds. The van der Waals surface area contributed by atoms with Gasteiger partial charge in [-0.05, 0) is 29.8 Å². The summed E-state index contributed by atoms with van der Waals surface area (Å²) in [7, 11) is -5.00. The molecule has 2 aromatic carbocycles. The molecular weight excluding hydrogens is 375 g/mol. The van der Waals surface area contributed by atoms with Gasteiger partial charge < -0.3 is 0 Å². The fraction of sp³-hybridized carbons (Fsp3) is 0.125. The normalized spacial score (nSPS) is 14.7. The molecule has 0 saturated carbocycles. The van der Waals surface area contributed by atoms with Crippen LogP contribution in [0.4, 0.5) is 13.2 Å². The monoisotopic (exact) mass is 385 g/mol. The first-order valence-corrected chi connectivity index (χ1v) is 8.56. The molecule has 0 bridgehead atoms. The number of nitrogens with zero attached hydrogens (tertiary/aromatic N) is 1. The lowest BCUT2D eigenvalue weighted by atomic mass is 10.1. The van der Waals surface area contributed by atoms with Gasteiger partial charge in [-0.25, -0.2) is 0 Å². The summed E-state index contributed by atoms with van der Waals surface area (Å²) in [6.07, 6.45) is -5.34. The molecule has 10 heteroatoms. The zero-order valence-electron chi connectivity index (χ0n) is 12.9. The van der Waals surface area contributed by atoms with Crippen molar-refractivity contribution in [2.45, 2.75) is 17.8 Å². The Morgan fingerprint density at radius 1 is 0.885 bits per heavy atom. The summed E-state index contributed by atoms with van der Waals surface area (Å²) in [6, 6.07) is 10.5. The zero-order valence-corrected chi connectivity index (χ0v) is 13.7. The van der Waals surface area contributed by atoms with Gasteiger partial charge in [0.25, 0.3) is 11.8 Å². The van der Waals surface area contributed by atoms with E-state index in [2.05, 4.69) is 4.18 Å². The Morgan fingerprint density at radius 3 is 1.85 bits per heavy atom. The number of imide groups is 1. The quantitative estimate of drug-likeness (QED) is 0.597. The van der Waals surface area contributed by atoms with Crippen molar-refractivity contribution in [2.24, 2.45) is 0 Å². The predicted molar refractivity (Wildman–Crippen MR) is 81.4 cm³/mol. The van der Waals surface area contributed by atoms with E-state index in [-0.39, 0.29) is 17.7 Å². The molecule has 0 aliphatic carbocycles. The number of fused-ring (bicyclic) bond motifs is 1. The molecule has 1 aliphatic heterocycles. The second-order valence-electron chi connectivity index (χ2n) is 5.37. The standard InChI is InChI=1S/C16H10F3NO5S/c17-16(18,19)25-26(23,24)11-7-5-10(6-8-11)9-20-14(21)12-3-1-2-4-13(12)15(20)22/h1-8H,9H2. The van der Waals surface area contributed by atoms with Crippen LogP contribution in [0.2, 0.25) is 0 Å². The molecule has 0 unspecified atom stereocenters. The van der Waals surface area contributed by atoms with E-state index in [4.69, 9.17) is 0 Å². The number of halogens is 3. The van der Waals surface area contributed by atoms with Crippen LogP contribution in [0.5, 0.6) is 0 Å². The molecule has 1 heterocycles. The molecule has 0 radical (unpaired) electrons. The number of alkyl halides is 3. The first-order valence-electron chi connectivity index (χ1n) is 7.15. The molecule has 1 aliphatic rings. The van der Waals surface area contributed by atoms with Crippen molar-refractivity contribution in [1.29, 1.82) is 0 Å². The van der Waals surface area contributed by atoms with Crippen molar-refractivity contribution < 1.29 is 35.4 Å². The number of amides is 2. The predicted octanol–water partition coefficient (Wildman–Crippen LogP) is 2.71. The molecule has 6 nitrogen and oxygen atoms in total. The average molecular weight is 385 g/mol.